The van der Waals surface area contributed by atoms with Gasteiger partial charge >= 0.3 is 0 Å². The van der Waals surface area contributed by atoms with Crippen molar-refractivity contribution in [3.8, 4) is 0 Å². The van der Waals surface area contributed by atoms with Crippen molar-refractivity contribution in [2.45, 2.75) is 38.2 Å². The van der Waals surface area contributed by atoms with Gasteiger partial charge < -0.3 is 5.32 Å². The van der Waals surface area contributed by atoms with Crippen molar-refractivity contribution in [1.82, 2.24) is 10.4 Å². The summed E-state index contributed by atoms with van der Waals surface area (Å²) in [5.74, 6) is 1.44. The van der Waals surface area contributed by atoms with Crippen molar-refractivity contribution in [3.63, 3.8) is 0 Å². The van der Waals surface area contributed by atoms with E-state index in [2.05, 4.69) is 5.32 Å². The van der Waals surface area contributed by atoms with Crippen LogP contribution in [0.3, 0.4) is 0 Å². The topological polar surface area (TPSA) is 41.6 Å². The maximum absolute atomic E-state index is 11.8. The lowest BCUT2D eigenvalue weighted by Crippen LogP contribution is -2.38. The van der Waals surface area contributed by atoms with Gasteiger partial charge in [-0.15, -0.1) is 0 Å². The summed E-state index contributed by atoms with van der Waals surface area (Å²) >= 11 is 0. The molecule has 3 fully saturated rings. The fraction of sp³-hybridized carbons (Fsp3) is 0.917. The summed E-state index contributed by atoms with van der Waals surface area (Å²) < 4.78 is 0. The highest BCUT2D eigenvalue weighted by atomic mass is 16.7. The molecular weight excluding hydrogens is 204 g/mol. The van der Waals surface area contributed by atoms with E-state index < -0.39 is 0 Å². The third kappa shape index (κ3) is 2.23. The second kappa shape index (κ2) is 4.34. The van der Waals surface area contributed by atoms with Gasteiger partial charge in [0.05, 0.1) is 19.1 Å². The third-order valence-electron chi connectivity index (χ3n) is 3.89. The minimum Gasteiger partial charge on any atom is -0.316 e. The number of hydrogen-bond acceptors (Lipinski definition) is 3. The number of rotatable bonds is 3. The molecule has 2 unspecified atom stereocenters. The monoisotopic (exact) mass is 224 g/mol. The Morgan fingerprint density at radius 2 is 2.25 bits per heavy atom. The molecule has 0 aromatic carbocycles. The SMILES string of the molecule is O=C1CC(C2CC2)ON1CC1CCCNC1. The van der Waals surface area contributed by atoms with Crippen LogP contribution in [0.2, 0.25) is 0 Å². The summed E-state index contributed by atoms with van der Waals surface area (Å²) in [6.45, 7) is 2.94. The van der Waals surface area contributed by atoms with Gasteiger partial charge in [0.2, 0.25) is 5.91 Å². The van der Waals surface area contributed by atoms with Crippen molar-refractivity contribution < 1.29 is 9.63 Å². The molecule has 0 bridgehead atoms. The largest absolute Gasteiger partial charge is 0.316 e. The van der Waals surface area contributed by atoms with E-state index in [1.54, 1.807) is 5.06 Å². The fourth-order valence-corrected chi connectivity index (χ4v) is 2.71. The fourth-order valence-electron chi connectivity index (χ4n) is 2.71. The first kappa shape index (κ1) is 10.5. The molecule has 1 aliphatic carbocycles. The molecule has 2 aliphatic heterocycles. The van der Waals surface area contributed by atoms with Gasteiger partial charge in [0.25, 0.3) is 0 Å². The zero-order chi connectivity index (χ0) is 11.0. The maximum atomic E-state index is 11.8. The van der Waals surface area contributed by atoms with E-state index in [0.29, 0.717) is 18.3 Å². The van der Waals surface area contributed by atoms with E-state index in [9.17, 15) is 4.79 Å². The number of amides is 1. The first-order valence-corrected chi connectivity index (χ1v) is 6.51. The van der Waals surface area contributed by atoms with Gasteiger partial charge in [-0.3, -0.25) is 9.63 Å². The molecule has 1 saturated carbocycles. The molecule has 3 rings (SSSR count). The molecule has 2 atom stereocenters. The van der Waals surface area contributed by atoms with Crippen LogP contribution in [0, 0.1) is 11.8 Å². The van der Waals surface area contributed by atoms with Crippen LogP contribution < -0.4 is 5.32 Å². The van der Waals surface area contributed by atoms with E-state index in [1.807, 2.05) is 0 Å². The Kier molecular flexibility index (Phi) is 2.86. The van der Waals surface area contributed by atoms with E-state index in [-0.39, 0.29) is 12.0 Å². The molecule has 4 heteroatoms. The number of carbonyl (C=O) groups excluding carboxylic acids is 1. The number of hydroxylamine groups is 2. The van der Waals surface area contributed by atoms with Crippen molar-refractivity contribution in [2.75, 3.05) is 19.6 Å². The molecule has 0 spiro atoms. The van der Waals surface area contributed by atoms with Gasteiger partial charge in [-0.1, -0.05) is 0 Å². The third-order valence-corrected chi connectivity index (χ3v) is 3.89. The first-order chi connectivity index (χ1) is 7.83. The molecular formula is C12H20N2O2. The molecule has 4 nitrogen and oxygen atoms in total. The molecule has 90 valence electrons. The Balaban J connectivity index is 1.51. The average Bonchev–Trinajstić information content (AvgIpc) is 3.07. The minimum absolute atomic E-state index is 0.197. The molecule has 3 aliphatic rings. The first-order valence-electron chi connectivity index (χ1n) is 6.51. The van der Waals surface area contributed by atoms with E-state index in [0.717, 1.165) is 19.6 Å². The summed E-state index contributed by atoms with van der Waals surface area (Å²) in [5, 5.41) is 5.02. The van der Waals surface area contributed by atoms with Gasteiger partial charge in [0.1, 0.15) is 0 Å². The Morgan fingerprint density at radius 3 is 2.94 bits per heavy atom. The number of nitrogens with one attached hydrogen (secondary N) is 1. The number of nitrogens with zero attached hydrogens (tertiary/aromatic N) is 1. The van der Waals surface area contributed by atoms with Crippen LogP contribution in [0.5, 0.6) is 0 Å². The van der Waals surface area contributed by atoms with Crippen LogP contribution in [0.1, 0.15) is 32.1 Å². The molecule has 0 aromatic heterocycles. The zero-order valence-corrected chi connectivity index (χ0v) is 9.65. The summed E-state index contributed by atoms with van der Waals surface area (Å²) in [5.41, 5.74) is 0. The molecule has 0 aromatic rings. The molecule has 1 N–H and O–H groups in total. The van der Waals surface area contributed by atoms with Crippen LogP contribution in [0.15, 0.2) is 0 Å². The molecule has 16 heavy (non-hydrogen) atoms. The minimum atomic E-state index is 0.197. The zero-order valence-electron chi connectivity index (χ0n) is 9.65. The number of piperidine rings is 1. The van der Waals surface area contributed by atoms with Crippen LogP contribution in [-0.2, 0) is 9.63 Å². The highest BCUT2D eigenvalue weighted by molar-refractivity contribution is 5.77. The molecule has 2 heterocycles. The standard InChI is InChI=1S/C12H20N2O2/c15-12-6-11(10-3-4-10)16-14(12)8-9-2-1-5-13-7-9/h9-11,13H,1-8H2. The van der Waals surface area contributed by atoms with E-state index >= 15 is 0 Å². The second-order valence-corrected chi connectivity index (χ2v) is 5.35. The lowest BCUT2D eigenvalue weighted by atomic mass is 10.00. The highest BCUT2D eigenvalue weighted by Gasteiger charge is 2.41. The Labute approximate surface area is 96.3 Å². The van der Waals surface area contributed by atoms with Crippen molar-refractivity contribution in [1.29, 1.82) is 0 Å². The summed E-state index contributed by atoms with van der Waals surface area (Å²) in [6.07, 6.45) is 5.75. The van der Waals surface area contributed by atoms with Gasteiger partial charge in [-0.25, -0.2) is 5.06 Å². The molecule has 0 radical (unpaired) electrons. The van der Waals surface area contributed by atoms with Gasteiger partial charge in [0.15, 0.2) is 0 Å². The maximum Gasteiger partial charge on any atom is 0.248 e. The predicted octanol–water partition coefficient (Wildman–Crippen LogP) is 0.928. The van der Waals surface area contributed by atoms with E-state index in [1.165, 1.54) is 25.7 Å². The second-order valence-electron chi connectivity index (χ2n) is 5.35. The van der Waals surface area contributed by atoms with Gasteiger partial charge in [-0.05, 0) is 50.6 Å². The molecule has 1 amide bonds. The Hall–Kier alpha value is -0.610. The van der Waals surface area contributed by atoms with Crippen molar-refractivity contribution in [3.05, 3.63) is 0 Å². The van der Waals surface area contributed by atoms with Crippen LogP contribution in [-0.4, -0.2) is 36.7 Å². The number of carbonyl (C=O) groups is 1. The van der Waals surface area contributed by atoms with E-state index in [4.69, 9.17) is 4.84 Å². The Morgan fingerprint density at radius 1 is 1.38 bits per heavy atom. The van der Waals surface area contributed by atoms with Crippen LogP contribution in [0.25, 0.3) is 0 Å². The lowest BCUT2D eigenvalue weighted by Gasteiger charge is -2.26. The van der Waals surface area contributed by atoms with Crippen LogP contribution in [0.4, 0.5) is 0 Å². The highest BCUT2D eigenvalue weighted by Crippen LogP contribution is 2.39. The lowest BCUT2D eigenvalue weighted by molar-refractivity contribution is -0.179. The van der Waals surface area contributed by atoms with Gasteiger partial charge in [-0.2, -0.15) is 0 Å². The quantitative estimate of drug-likeness (QED) is 0.775. The Bertz CT molecular complexity index is 272. The summed E-state index contributed by atoms with van der Waals surface area (Å²) in [7, 11) is 0. The normalized spacial score (nSPS) is 35.8. The van der Waals surface area contributed by atoms with Gasteiger partial charge in [0, 0.05) is 0 Å². The van der Waals surface area contributed by atoms with Crippen LogP contribution >= 0.6 is 0 Å². The predicted molar refractivity (Wildman–Crippen MR) is 59.5 cm³/mol. The summed E-state index contributed by atoms with van der Waals surface area (Å²) in [4.78, 5) is 17.5. The smallest absolute Gasteiger partial charge is 0.248 e. The summed E-state index contributed by atoms with van der Waals surface area (Å²) in [6, 6.07) is 0. The number of hydrogen-bond donors (Lipinski definition) is 1. The average molecular weight is 224 g/mol. The van der Waals surface area contributed by atoms with Crippen molar-refractivity contribution >= 4 is 5.91 Å². The molecule has 2 saturated heterocycles. The van der Waals surface area contributed by atoms with Crippen molar-refractivity contribution in [2.24, 2.45) is 11.8 Å².